The second-order valence-electron chi connectivity index (χ2n) is 5.73. The summed E-state index contributed by atoms with van der Waals surface area (Å²) in [6.45, 7) is 4.23. The molecule has 1 aliphatic heterocycles. The van der Waals surface area contributed by atoms with Gasteiger partial charge < -0.3 is 9.84 Å². The molecule has 1 unspecified atom stereocenters. The summed E-state index contributed by atoms with van der Waals surface area (Å²) >= 11 is 1.27. The lowest BCUT2D eigenvalue weighted by Crippen LogP contribution is -2.20. The number of carboxylic acid groups (broad SMARTS) is 1. The van der Waals surface area contributed by atoms with Crippen molar-refractivity contribution in [2.75, 3.05) is 6.61 Å². The van der Waals surface area contributed by atoms with Gasteiger partial charge in [0.25, 0.3) is 0 Å². The Morgan fingerprint density at radius 2 is 2.16 bits per heavy atom. The van der Waals surface area contributed by atoms with Gasteiger partial charge in [-0.05, 0) is 61.4 Å². The number of hydrogen-bond acceptors (Lipinski definition) is 4. The van der Waals surface area contributed by atoms with E-state index in [-0.39, 0.29) is 12.2 Å². The maximum Gasteiger partial charge on any atom is 0.317 e. The average molecular weight is 359 g/mol. The first-order chi connectivity index (χ1) is 12.0. The normalized spacial score (nSPS) is 16.6. The van der Waals surface area contributed by atoms with Crippen LogP contribution in [0.4, 0.5) is 10.1 Å². The molecule has 0 spiro atoms. The van der Waals surface area contributed by atoms with E-state index >= 15 is 0 Å². The van der Waals surface area contributed by atoms with E-state index in [2.05, 4.69) is 4.99 Å². The number of benzene rings is 2. The molecule has 1 atom stereocenters. The zero-order chi connectivity index (χ0) is 18.0. The molecule has 1 aliphatic rings. The van der Waals surface area contributed by atoms with Crippen LogP contribution in [-0.2, 0) is 4.79 Å². The second kappa shape index (κ2) is 7.27. The van der Waals surface area contributed by atoms with Gasteiger partial charge in [0, 0.05) is 11.3 Å². The van der Waals surface area contributed by atoms with E-state index in [1.54, 1.807) is 13.0 Å². The molecule has 4 nitrogen and oxygen atoms in total. The van der Waals surface area contributed by atoms with Crippen molar-refractivity contribution in [1.29, 1.82) is 0 Å². The molecule has 2 aromatic carbocycles. The molecule has 0 fully saturated rings. The van der Waals surface area contributed by atoms with Crippen LogP contribution in [0.3, 0.4) is 0 Å². The second-order valence-corrected chi connectivity index (χ2v) is 6.97. The Bertz CT molecular complexity index is 851. The van der Waals surface area contributed by atoms with E-state index in [1.807, 2.05) is 25.1 Å². The first-order valence-electron chi connectivity index (χ1n) is 7.98. The Labute approximate surface area is 149 Å². The fraction of sp³-hybridized carbons (Fsp3) is 0.263. The van der Waals surface area contributed by atoms with Gasteiger partial charge in [-0.2, -0.15) is 0 Å². The Morgan fingerprint density at radius 3 is 2.84 bits per heavy atom. The number of halogens is 1. The third-order valence-electron chi connectivity index (χ3n) is 3.92. The molecule has 1 N–H and O–H groups in total. The molecule has 0 bridgehead atoms. The zero-order valence-electron chi connectivity index (χ0n) is 14.0. The lowest BCUT2D eigenvalue weighted by Gasteiger charge is -2.12. The summed E-state index contributed by atoms with van der Waals surface area (Å²) in [5, 5.41) is 8.91. The SMILES string of the molecule is CCOc1ccc2c(c1)SC(C(=O)O)CC(c1ccc(F)cc1C)=N2. The minimum atomic E-state index is -0.896. The number of ether oxygens (including phenoxy) is 1. The van der Waals surface area contributed by atoms with Crippen LogP contribution in [0.1, 0.15) is 24.5 Å². The highest BCUT2D eigenvalue weighted by Crippen LogP contribution is 2.40. The number of thioether (sulfide) groups is 1. The Morgan fingerprint density at radius 1 is 1.36 bits per heavy atom. The number of aliphatic imine (C=N–C) groups is 1. The van der Waals surface area contributed by atoms with Crippen LogP contribution in [0.5, 0.6) is 5.75 Å². The molecule has 0 radical (unpaired) electrons. The van der Waals surface area contributed by atoms with Crippen molar-refractivity contribution in [2.24, 2.45) is 4.99 Å². The van der Waals surface area contributed by atoms with Crippen molar-refractivity contribution in [2.45, 2.75) is 30.4 Å². The average Bonchev–Trinajstić information content (AvgIpc) is 2.74. The van der Waals surface area contributed by atoms with Gasteiger partial charge in [0.1, 0.15) is 16.8 Å². The molecular formula is C19H18FNO3S. The number of fused-ring (bicyclic) bond motifs is 1. The highest BCUT2D eigenvalue weighted by molar-refractivity contribution is 8.00. The first-order valence-corrected chi connectivity index (χ1v) is 8.86. The maximum absolute atomic E-state index is 13.4. The predicted molar refractivity (Wildman–Crippen MR) is 96.8 cm³/mol. The van der Waals surface area contributed by atoms with Crippen molar-refractivity contribution in [3.63, 3.8) is 0 Å². The van der Waals surface area contributed by atoms with Crippen LogP contribution in [0.2, 0.25) is 0 Å². The van der Waals surface area contributed by atoms with E-state index in [4.69, 9.17) is 4.74 Å². The molecule has 130 valence electrons. The summed E-state index contributed by atoms with van der Waals surface area (Å²) < 4.78 is 18.9. The molecular weight excluding hydrogens is 341 g/mol. The summed E-state index contributed by atoms with van der Waals surface area (Å²) in [5.41, 5.74) is 2.87. The topological polar surface area (TPSA) is 58.9 Å². The van der Waals surface area contributed by atoms with Crippen LogP contribution >= 0.6 is 11.8 Å². The monoisotopic (exact) mass is 359 g/mol. The van der Waals surface area contributed by atoms with E-state index in [1.165, 1.54) is 23.9 Å². The molecule has 0 amide bonds. The first kappa shape index (κ1) is 17.5. The summed E-state index contributed by atoms with van der Waals surface area (Å²) in [4.78, 5) is 17.1. The largest absolute Gasteiger partial charge is 0.494 e. The van der Waals surface area contributed by atoms with Crippen molar-refractivity contribution < 1.29 is 19.0 Å². The van der Waals surface area contributed by atoms with E-state index in [9.17, 15) is 14.3 Å². The molecule has 6 heteroatoms. The van der Waals surface area contributed by atoms with Gasteiger partial charge in [-0.3, -0.25) is 9.79 Å². The number of aliphatic carboxylic acids is 1. The summed E-state index contributed by atoms with van der Waals surface area (Å²) in [5.74, 6) is -0.525. The van der Waals surface area contributed by atoms with Crippen LogP contribution < -0.4 is 4.74 Å². The van der Waals surface area contributed by atoms with E-state index in [0.29, 0.717) is 23.8 Å². The number of nitrogens with zero attached hydrogens (tertiary/aromatic N) is 1. The molecule has 0 saturated heterocycles. The quantitative estimate of drug-likeness (QED) is 0.866. The minimum Gasteiger partial charge on any atom is -0.494 e. The fourth-order valence-corrected chi connectivity index (χ4v) is 3.83. The standard InChI is InChI=1S/C19H18FNO3S/c1-3-24-13-5-7-15-17(9-13)25-18(19(22)23)10-16(21-15)14-6-4-12(20)8-11(14)2/h4-9,18H,3,10H2,1-2H3,(H,22,23). The van der Waals surface area contributed by atoms with E-state index in [0.717, 1.165) is 16.0 Å². The summed E-state index contributed by atoms with van der Waals surface area (Å²) in [6.07, 6.45) is 0.269. The molecule has 3 rings (SSSR count). The molecule has 25 heavy (non-hydrogen) atoms. The molecule has 0 aromatic heterocycles. The van der Waals surface area contributed by atoms with Crippen molar-refractivity contribution >= 4 is 29.1 Å². The lowest BCUT2D eigenvalue weighted by atomic mass is 10.00. The third kappa shape index (κ3) is 3.85. The van der Waals surface area contributed by atoms with Gasteiger partial charge in [0.15, 0.2) is 0 Å². The Hall–Kier alpha value is -2.34. The van der Waals surface area contributed by atoms with Crippen LogP contribution in [0, 0.1) is 12.7 Å². The molecule has 1 heterocycles. The summed E-state index contributed by atoms with van der Waals surface area (Å²) in [7, 11) is 0. The smallest absolute Gasteiger partial charge is 0.317 e. The van der Waals surface area contributed by atoms with E-state index < -0.39 is 11.2 Å². The predicted octanol–water partition coefficient (Wildman–Crippen LogP) is 4.60. The van der Waals surface area contributed by atoms with Crippen molar-refractivity contribution in [3.8, 4) is 5.75 Å². The number of carbonyl (C=O) groups is 1. The highest BCUT2D eigenvalue weighted by atomic mass is 32.2. The number of carboxylic acids is 1. The van der Waals surface area contributed by atoms with Crippen LogP contribution in [-0.4, -0.2) is 28.6 Å². The fourth-order valence-electron chi connectivity index (χ4n) is 2.76. The molecule has 0 aliphatic carbocycles. The molecule has 0 saturated carbocycles. The van der Waals surface area contributed by atoms with Gasteiger partial charge in [0.2, 0.25) is 0 Å². The molecule has 2 aromatic rings. The number of aryl methyl sites for hydroxylation is 1. The minimum absolute atomic E-state index is 0.269. The third-order valence-corrected chi connectivity index (χ3v) is 5.15. The number of rotatable bonds is 4. The maximum atomic E-state index is 13.4. The van der Waals surface area contributed by atoms with Gasteiger partial charge in [0.05, 0.1) is 18.0 Å². The van der Waals surface area contributed by atoms with Crippen molar-refractivity contribution in [3.05, 3.63) is 53.3 Å². The Kier molecular flexibility index (Phi) is 5.08. The van der Waals surface area contributed by atoms with Crippen molar-refractivity contribution in [1.82, 2.24) is 0 Å². The van der Waals surface area contributed by atoms with Gasteiger partial charge >= 0.3 is 5.97 Å². The number of hydrogen-bond donors (Lipinski definition) is 1. The zero-order valence-corrected chi connectivity index (χ0v) is 14.8. The Balaban J connectivity index is 2.09. The van der Waals surface area contributed by atoms with Gasteiger partial charge in [-0.15, -0.1) is 11.8 Å². The van der Waals surface area contributed by atoms with Gasteiger partial charge in [-0.1, -0.05) is 0 Å². The van der Waals surface area contributed by atoms with Gasteiger partial charge in [-0.25, -0.2) is 4.39 Å². The summed E-state index contributed by atoms with van der Waals surface area (Å²) in [6, 6.07) is 9.94. The highest BCUT2D eigenvalue weighted by Gasteiger charge is 2.27. The lowest BCUT2D eigenvalue weighted by molar-refractivity contribution is -0.136. The van der Waals surface area contributed by atoms with Crippen LogP contribution in [0.15, 0.2) is 46.3 Å². The van der Waals surface area contributed by atoms with Crippen LogP contribution in [0.25, 0.3) is 0 Å².